The van der Waals surface area contributed by atoms with Crippen LogP contribution in [0.2, 0.25) is 0 Å². The second-order valence-corrected chi connectivity index (χ2v) is 8.30. The van der Waals surface area contributed by atoms with Crippen LogP contribution < -0.4 is 10.6 Å². The summed E-state index contributed by atoms with van der Waals surface area (Å²) in [5.74, 6) is 2.69. The van der Waals surface area contributed by atoms with Crippen LogP contribution in [0.5, 0.6) is 0 Å². The Kier molecular flexibility index (Phi) is 4.29. The van der Waals surface area contributed by atoms with E-state index in [0.29, 0.717) is 29.5 Å². The second-order valence-electron chi connectivity index (χ2n) is 8.30. The highest BCUT2D eigenvalue weighted by molar-refractivity contribution is 5.80. The number of fused-ring (bicyclic) bond motifs is 2. The molecule has 2 N–H and O–H groups in total. The smallest absolute Gasteiger partial charge is 0.191 e. The molecule has 3 atom stereocenters. The largest absolute Gasteiger partial charge is 0.377 e. The summed E-state index contributed by atoms with van der Waals surface area (Å²) >= 11 is 0. The Morgan fingerprint density at radius 3 is 2.52 bits per heavy atom. The maximum absolute atomic E-state index is 6.03. The summed E-state index contributed by atoms with van der Waals surface area (Å²) in [6.07, 6.45) is 12.5. The molecule has 3 aliphatic carbocycles. The van der Waals surface area contributed by atoms with Gasteiger partial charge in [-0.15, -0.1) is 0 Å². The molecule has 0 bridgehead atoms. The molecule has 0 aromatic carbocycles. The molecule has 4 rings (SSSR count). The van der Waals surface area contributed by atoms with Crippen molar-refractivity contribution in [3.8, 4) is 0 Å². The molecule has 4 fully saturated rings. The summed E-state index contributed by atoms with van der Waals surface area (Å²) in [5.41, 5.74) is 0.429. The molecule has 4 heteroatoms. The highest BCUT2D eigenvalue weighted by Gasteiger charge is 2.66. The third-order valence-corrected chi connectivity index (χ3v) is 7.32. The molecule has 0 amide bonds. The predicted octanol–water partition coefficient (Wildman–Crippen LogP) is 3.08. The average Bonchev–Trinajstić information content (AvgIpc) is 2.95. The summed E-state index contributed by atoms with van der Waals surface area (Å²) in [4.78, 5) is 4.53. The monoisotopic (exact) mass is 319 g/mol. The van der Waals surface area contributed by atoms with Gasteiger partial charge in [0, 0.05) is 37.1 Å². The Labute approximate surface area is 140 Å². The van der Waals surface area contributed by atoms with E-state index in [-0.39, 0.29) is 0 Å². The van der Waals surface area contributed by atoms with E-state index in [4.69, 9.17) is 4.74 Å². The second kappa shape index (κ2) is 6.27. The van der Waals surface area contributed by atoms with E-state index in [1.54, 1.807) is 0 Å². The van der Waals surface area contributed by atoms with Crippen molar-refractivity contribution >= 4 is 5.96 Å². The van der Waals surface area contributed by atoms with Gasteiger partial charge in [0.2, 0.25) is 0 Å². The predicted molar refractivity (Wildman–Crippen MR) is 93.6 cm³/mol. The van der Waals surface area contributed by atoms with Crippen molar-refractivity contribution in [3.63, 3.8) is 0 Å². The van der Waals surface area contributed by atoms with Crippen LogP contribution in [0.15, 0.2) is 4.99 Å². The van der Waals surface area contributed by atoms with Gasteiger partial charge in [-0.1, -0.05) is 19.8 Å². The van der Waals surface area contributed by atoms with E-state index in [1.807, 2.05) is 7.05 Å². The summed E-state index contributed by atoms with van der Waals surface area (Å²) < 4.78 is 6.03. The first-order chi connectivity index (χ1) is 11.3. The third-order valence-electron chi connectivity index (χ3n) is 7.32. The number of aliphatic imine (C=N–C) groups is 1. The Balaban J connectivity index is 1.34. The Morgan fingerprint density at radius 1 is 1.13 bits per heavy atom. The minimum Gasteiger partial charge on any atom is -0.377 e. The zero-order chi connectivity index (χ0) is 15.9. The summed E-state index contributed by atoms with van der Waals surface area (Å²) in [7, 11) is 1.92. The number of nitrogens with one attached hydrogen (secondary N) is 2. The molecule has 23 heavy (non-hydrogen) atoms. The van der Waals surface area contributed by atoms with Gasteiger partial charge in [-0.05, 0) is 50.9 Å². The minimum atomic E-state index is 0.429. The maximum Gasteiger partial charge on any atom is 0.191 e. The van der Waals surface area contributed by atoms with Gasteiger partial charge in [0.25, 0.3) is 0 Å². The van der Waals surface area contributed by atoms with Crippen molar-refractivity contribution in [1.29, 1.82) is 0 Å². The quantitative estimate of drug-likeness (QED) is 0.621. The standard InChI is InChI=1S/C19H33N3O/c1-3-13-5-7-14(8-6-13)21-18(20-2)22-16-15-9-12-23-17(15)19(16)10-4-11-19/h13-17H,3-12H2,1-2H3,(H2,20,21,22). The number of nitrogens with zero attached hydrogens (tertiary/aromatic N) is 1. The van der Waals surface area contributed by atoms with Gasteiger partial charge in [0.1, 0.15) is 0 Å². The Morgan fingerprint density at radius 2 is 1.91 bits per heavy atom. The fourth-order valence-corrected chi connectivity index (χ4v) is 5.68. The van der Waals surface area contributed by atoms with E-state index >= 15 is 0 Å². The highest BCUT2D eigenvalue weighted by atomic mass is 16.5. The summed E-state index contributed by atoms with van der Waals surface area (Å²) in [6, 6.07) is 1.19. The SMILES string of the molecule is CCC1CCC(NC(=NC)NC2C3CCOC3C23CCC3)CC1. The third kappa shape index (κ3) is 2.57. The topological polar surface area (TPSA) is 45.7 Å². The van der Waals surface area contributed by atoms with Crippen molar-refractivity contribution in [1.82, 2.24) is 10.6 Å². The molecular formula is C19H33N3O. The van der Waals surface area contributed by atoms with Gasteiger partial charge < -0.3 is 15.4 Å². The van der Waals surface area contributed by atoms with E-state index in [2.05, 4.69) is 22.5 Å². The number of hydrogen-bond acceptors (Lipinski definition) is 2. The molecule has 1 aliphatic heterocycles. The first kappa shape index (κ1) is 15.7. The molecule has 0 aromatic rings. The van der Waals surface area contributed by atoms with Gasteiger partial charge in [0.05, 0.1) is 6.10 Å². The van der Waals surface area contributed by atoms with Crippen LogP contribution in [0.25, 0.3) is 0 Å². The van der Waals surface area contributed by atoms with Crippen LogP contribution in [0.1, 0.15) is 64.7 Å². The van der Waals surface area contributed by atoms with Crippen molar-refractivity contribution in [2.24, 2.45) is 22.2 Å². The molecule has 0 aromatic heterocycles. The lowest BCUT2D eigenvalue weighted by atomic mass is 9.46. The van der Waals surface area contributed by atoms with Gasteiger partial charge in [-0.3, -0.25) is 4.99 Å². The molecule has 130 valence electrons. The van der Waals surface area contributed by atoms with E-state index in [9.17, 15) is 0 Å². The van der Waals surface area contributed by atoms with Gasteiger partial charge in [-0.25, -0.2) is 0 Å². The van der Waals surface area contributed by atoms with E-state index in [0.717, 1.165) is 18.5 Å². The van der Waals surface area contributed by atoms with E-state index < -0.39 is 0 Å². The van der Waals surface area contributed by atoms with Gasteiger partial charge >= 0.3 is 0 Å². The fourth-order valence-electron chi connectivity index (χ4n) is 5.68. The van der Waals surface area contributed by atoms with Gasteiger partial charge in [-0.2, -0.15) is 0 Å². The van der Waals surface area contributed by atoms with Gasteiger partial charge in [0.15, 0.2) is 5.96 Å². The number of guanidine groups is 1. The molecule has 3 unspecified atom stereocenters. The van der Waals surface area contributed by atoms with Crippen molar-refractivity contribution in [3.05, 3.63) is 0 Å². The molecule has 1 spiro atoms. The first-order valence-corrected chi connectivity index (χ1v) is 9.88. The zero-order valence-corrected chi connectivity index (χ0v) is 14.8. The number of hydrogen-bond donors (Lipinski definition) is 2. The van der Waals surface area contributed by atoms with Crippen LogP contribution >= 0.6 is 0 Å². The fraction of sp³-hybridized carbons (Fsp3) is 0.947. The van der Waals surface area contributed by atoms with Crippen LogP contribution in [0.3, 0.4) is 0 Å². The molecule has 0 radical (unpaired) electrons. The van der Waals surface area contributed by atoms with Crippen LogP contribution in [0, 0.1) is 17.3 Å². The highest BCUT2D eigenvalue weighted by Crippen LogP contribution is 2.62. The molecule has 1 heterocycles. The summed E-state index contributed by atoms with van der Waals surface area (Å²) in [6.45, 7) is 3.29. The van der Waals surface area contributed by atoms with Crippen LogP contribution in [-0.2, 0) is 4.74 Å². The number of rotatable bonds is 3. The lowest BCUT2D eigenvalue weighted by Crippen LogP contribution is -2.72. The maximum atomic E-state index is 6.03. The first-order valence-electron chi connectivity index (χ1n) is 9.88. The lowest BCUT2D eigenvalue weighted by molar-refractivity contribution is -0.171. The number of ether oxygens (including phenoxy) is 1. The molecule has 1 saturated heterocycles. The van der Waals surface area contributed by atoms with Crippen molar-refractivity contribution in [2.45, 2.75) is 82.9 Å². The van der Waals surface area contributed by atoms with Crippen molar-refractivity contribution < 1.29 is 4.74 Å². The Bertz CT molecular complexity index is 452. The molecule has 4 nitrogen and oxygen atoms in total. The van der Waals surface area contributed by atoms with E-state index in [1.165, 1.54) is 57.8 Å². The molecular weight excluding hydrogens is 286 g/mol. The van der Waals surface area contributed by atoms with Crippen molar-refractivity contribution in [2.75, 3.05) is 13.7 Å². The lowest BCUT2D eigenvalue weighted by Gasteiger charge is -2.63. The van der Waals surface area contributed by atoms with Crippen LogP contribution in [-0.4, -0.2) is 37.8 Å². The summed E-state index contributed by atoms with van der Waals surface area (Å²) in [5, 5.41) is 7.51. The zero-order valence-electron chi connectivity index (χ0n) is 14.8. The molecule has 4 aliphatic rings. The minimum absolute atomic E-state index is 0.429. The molecule has 3 saturated carbocycles. The normalized spacial score (nSPS) is 41.8. The Hall–Kier alpha value is -0.770. The average molecular weight is 319 g/mol. The van der Waals surface area contributed by atoms with Crippen LogP contribution in [0.4, 0.5) is 0 Å².